The van der Waals surface area contributed by atoms with Crippen LogP contribution in [0.15, 0.2) is 34.7 Å². The van der Waals surface area contributed by atoms with E-state index < -0.39 is 0 Å². The van der Waals surface area contributed by atoms with E-state index in [0.717, 1.165) is 3.77 Å². The molecule has 1 amide bonds. The van der Waals surface area contributed by atoms with Crippen LogP contribution in [0, 0.1) is 9.58 Å². The summed E-state index contributed by atoms with van der Waals surface area (Å²) in [5.41, 5.74) is 0.864. The third-order valence-corrected chi connectivity index (χ3v) is 2.95. The number of hydrogen-bond acceptors (Lipinski definition) is 3. The maximum absolute atomic E-state index is 13.6. The van der Waals surface area contributed by atoms with Crippen molar-refractivity contribution < 1.29 is 13.6 Å². The van der Waals surface area contributed by atoms with Gasteiger partial charge in [0.25, 0.3) is 0 Å². The number of carbonyl (C=O) groups excluding carboxylic acids is 1. The highest BCUT2D eigenvalue weighted by Crippen LogP contribution is 2.21. The summed E-state index contributed by atoms with van der Waals surface area (Å²) in [4.78, 5) is 11.0. The van der Waals surface area contributed by atoms with E-state index >= 15 is 0 Å². The molecular formula is C13H12FIN2O2. The van der Waals surface area contributed by atoms with Crippen molar-refractivity contribution in [3.63, 3.8) is 0 Å². The van der Waals surface area contributed by atoms with Crippen LogP contribution in [-0.2, 0) is 11.3 Å². The smallest absolute Gasteiger partial charge is 0.221 e. The Balaban J connectivity index is 2.08. The summed E-state index contributed by atoms with van der Waals surface area (Å²) >= 11 is 2.06. The largest absolute Gasteiger partial charge is 0.454 e. The second-order valence-corrected chi connectivity index (χ2v) is 5.00. The van der Waals surface area contributed by atoms with Crippen molar-refractivity contribution in [3.8, 4) is 0 Å². The molecule has 0 aliphatic carbocycles. The topological polar surface area (TPSA) is 54.3 Å². The summed E-state index contributed by atoms with van der Waals surface area (Å²) < 4.78 is 19.8. The maximum Gasteiger partial charge on any atom is 0.221 e. The standard InChI is InChI=1S/C13H12FIN2O2/c1-8(18)17-9-2-4-11(14)12(6-9)16-7-10-3-5-13(15)19-10/h2-6,16H,7H2,1H3,(H,17,18). The predicted molar refractivity (Wildman–Crippen MR) is 79.5 cm³/mol. The molecule has 0 aliphatic heterocycles. The van der Waals surface area contributed by atoms with Gasteiger partial charge in [0.1, 0.15) is 11.6 Å². The normalized spacial score (nSPS) is 10.3. The lowest BCUT2D eigenvalue weighted by Gasteiger charge is -2.09. The summed E-state index contributed by atoms with van der Waals surface area (Å²) in [6.45, 7) is 1.78. The molecular weight excluding hydrogens is 362 g/mol. The molecule has 1 aromatic heterocycles. The van der Waals surface area contributed by atoms with Crippen LogP contribution in [0.1, 0.15) is 12.7 Å². The molecule has 100 valence electrons. The summed E-state index contributed by atoms with van der Waals surface area (Å²) in [6, 6.07) is 8.02. The minimum Gasteiger partial charge on any atom is -0.454 e. The molecule has 0 saturated heterocycles. The highest BCUT2D eigenvalue weighted by atomic mass is 127. The van der Waals surface area contributed by atoms with Gasteiger partial charge in [-0.05, 0) is 52.9 Å². The van der Waals surface area contributed by atoms with Gasteiger partial charge in [0, 0.05) is 12.6 Å². The fraction of sp³-hybridized carbons (Fsp3) is 0.154. The van der Waals surface area contributed by atoms with Crippen LogP contribution >= 0.6 is 22.6 Å². The number of furan rings is 1. The van der Waals surface area contributed by atoms with Crippen molar-refractivity contribution in [1.82, 2.24) is 0 Å². The number of rotatable bonds is 4. The number of carbonyl (C=O) groups is 1. The van der Waals surface area contributed by atoms with Crippen LogP contribution in [0.2, 0.25) is 0 Å². The molecule has 2 N–H and O–H groups in total. The molecule has 0 unspecified atom stereocenters. The van der Waals surface area contributed by atoms with Crippen LogP contribution in [0.3, 0.4) is 0 Å². The van der Waals surface area contributed by atoms with Gasteiger partial charge >= 0.3 is 0 Å². The molecule has 0 radical (unpaired) electrons. The lowest BCUT2D eigenvalue weighted by molar-refractivity contribution is -0.114. The molecule has 0 bridgehead atoms. The molecule has 1 heterocycles. The molecule has 1 aromatic carbocycles. The molecule has 19 heavy (non-hydrogen) atoms. The van der Waals surface area contributed by atoms with Crippen LogP contribution in [0.5, 0.6) is 0 Å². The van der Waals surface area contributed by atoms with E-state index in [1.165, 1.54) is 19.1 Å². The second-order valence-electron chi connectivity index (χ2n) is 3.94. The molecule has 0 spiro atoms. The van der Waals surface area contributed by atoms with E-state index in [1.807, 2.05) is 12.1 Å². The Morgan fingerprint density at radius 3 is 2.79 bits per heavy atom. The predicted octanol–water partition coefficient (Wildman–Crippen LogP) is 3.59. The van der Waals surface area contributed by atoms with Gasteiger partial charge in [-0.15, -0.1) is 0 Å². The van der Waals surface area contributed by atoms with Gasteiger partial charge in [-0.1, -0.05) is 0 Å². The first-order valence-electron chi connectivity index (χ1n) is 5.60. The second kappa shape index (κ2) is 6.05. The van der Waals surface area contributed by atoms with Crippen molar-refractivity contribution >= 4 is 39.9 Å². The van der Waals surface area contributed by atoms with Gasteiger partial charge in [0.15, 0.2) is 3.77 Å². The minimum atomic E-state index is -0.379. The highest BCUT2D eigenvalue weighted by molar-refractivity contribution is 14.1. The Morgan fingerprint density at radius 1 is 1.37 bits per heavy atom. The average molecular weight is 374 g/mol. The molecule has 2 aromatic rings. The number of benzene rings is 1. The quantitative estimate of drug-likeness (QED) is 0.805. The number of amides is 1. The Bertz CT molecular complexity index is 598. The Labute approximate surface area is 123 Å². The molecule has 4 nitrogen and oxygen atoms in total. The maximum atomic E-state index is 13.6. The fourth-order valence-electron chi connectivity index (χ4n) is 1.57. The van der Waals surface area contributed by atoms with E-state index in [4.69, 9.17) is 4.42 Å². The lowest BCUT2D eigenvalue weighted by atomic mass is 10.2. The highest BCUT2D eigenvalue weighted by Gasteiger charge is 2.06. The first kappa shape index (κ1) is 13.9. The van der Waals surface area contributed by atoms with Crippen LogP contribution in [0.4, 0.5) is 15.8 Å². The molecule has 2 rings (SSSR count). The van der Waals surface area contributed by atoms with Crippen molar-refractivity contribution in [2.75, 3.05) is 10.6 Å². The zero-order chi connectivity index (χ0) is 13.8. The minimum absolute atomic E-state index is 0.196. The van der Waals surface area contributed by atoms with Crippen molar-refractivity contribution in [3.05, 3.63) is 45.7 Å². The van der Waals surface area contributed by atoms with Crippen molar-refractivity contribution in [1.29, 1.82) is 0 Å². The van der Waals surface area contributed by atoms with Crippen LogP contribution < -0.4 is 10.6 Å². The van der Waals surface area contributed by atoms with E-state index in [9.17, 15) is 9.18 Å². The Kier molecular flexibility index (Phi) is 4.41. The third kappa shape index (κ3) is 3.95. The zero-order valence-corrected chi connectivity index (χ0v) is 12.3. The number of halogens is 2. The van der Waals surface area contributed by atoms with Gasteiger partial charge < -0.3 is 15.1 Å². The summed E-state index contributed by atoms with van der Waals surface area (Å²) in [7, 11) is 0. The molecule has 0 atom stereocenters. The molecule has 0 saturated carbocycles. The summed E-state index contributed by atoms with van der Waals surface area (Å²) in [5, 5.41) is 5.54. The molecule has 0 fully saturated rings. The van der Waals surface area contributed by atoms with Gasteiger partial charge in [-0.25, -0.2) is 4.39 Å². The van der Waals surface area contributed by atoms with Crippen molar-refractivity contribution in [2.45, 2.75) is 13.5 Å². The molecule has 0 aliphatic rings. The number of hydrogen-bond donors (Lipinski definition) is 2. The van der Waals surface area contributed by atoms with Crippen LogP contribution in [0.25, 0.3) is 0 Å². The van der Waals surface area contributed by atoms with Gasteiger partial charge in [0.2, 0.25) is 5.91 Å². The average Bonchev–Trinajstić information content (AvgIpc) is 2.75. The number of nitrogens with one attached hydrogen (secondary N) is 2. The van der Waals surface area contributed by atoms with E-state index in [0.29, 0.717) is 23.7 Å². The Hall–Kier alpha value is -1.57. The van der Waals surface area contributed by atoms with Crippen LogP contribution in [-0.4, -0.2) is 5.91 Å². The summed E-state index contributed by atoms with van der Waals surface area (Å²) in [6.07, 6.45) is 0. The first-order chi connectivity index (χ1) is 9.04. The zero-order valence-electron chi connectivity index (χ0n) is 10.2. The van der Waals surface area contributed by atoms with Gasteiger partial charge in [-0.3, -0.25) is 4.79 Å². The van der Waals surface area contributed by atoms with Gasteiger partial charge in [-0.2, -0.15) is 0 Å². The fourth-order valence-corrected chi connectivity index (χ4v) is 2.03. The van der Waals surface area contributed by atoms with E-state index in [-0.39, 0.29) is 11.7 Å². The number of anilines is 2. The first-order valence-corrected chi connectivity index (χ1v) is 6.67. The Morgan fingerprint density at radius 2 is 2.16 bits per heavy atom. The van der Waals surface area contributed by atoms with Gasteiger partial charge in [0.05, 0.1) is 12.2 Å². The van der Waals surface area contributed by atoms with E-state index in [2.05, 4.69) is 33.2 Å². The van der Waals surface area contributed by atoms with E-state index in [1.54, 1.807) is 6.07 Å². The SMILES string of the molecule is CC(=O)Nc1ccc(F)c(NCc2ccc(I)o2)c1. The lowest BCUT2D eigenvalue weighted by Crippen LogP contribution is -2.07. The summed E-state index contributed by atoms with van der Waals surface area (Å²) in [5.74, 6) is 0.141. The third-order valence-electron chi connectivity index (χ3n) is 2.37. The monoisotopic (exact) mass is 374 g/mol. The van der Waals surface area contributed by atoms with Crippen molar-refractivity contribution in [2.24, 2.45) is 0 Å². The molecule has 6 heteroatoms.